The van der Waals surface area contributed by atoms with Gasteiger partial charge in [-0.05, 0) is 18.9 Å². The molecule has 1 fully saturated rings. The minimum absolute atomic E-state index is 0.548. The summed E-state index contributed by atoms with van der Waals surface area (Å²) >= 11 is 3.54. The second-order valence-electron chi connectivity index (χ2n) is 5.00. The SMILES string of the molecule is Nc1cc(C2CCCC2)nc(-c2ccccc2Br)n1. The molecule has 1 saturated carbocycles. The first-order valence-electron chi connectivity index (χ1n) is 6.63. The van der Waals surface area contributed by atoms with Crippen molar-refractivity contribution in [3.63, 3.8) is 0 Å². The summed E-state index contributed by atoms with van der Waals surface area (Å²) in [6.45, 7) is 0. The summed E-state index contributed by atoms with van der Waals surface area (Å²) in [5.41, 5.74) is 8.04. The van der Waals surface area contributed by atoms with Crippen molar-refractivity contribution in [3.05, 3.63) is 40.5 Å². The largest absolute Gasteiger partial charge is 0.384 e. The Morgan fingerprint density at radius 2 is 1.84 bits per heavy atom. The van der Waals surface area contributed by atoms with Crippen molar-refractivity contribution in [2.45, 2.75) is 31.6 Å². The van der Waals surface area contributed by atoms with Crippen LogP contribution in [-0.2, 0) is 0 Å². The van der Waals surface area contributed by atoms with Crippen molar-refractivity contribution >= 4 is 21.7 Å². The maximum Gasteiger partial charge on any atom is 0.162 e. The summed E-state index contributed by atoms with van der Waals surface area (Å²) in [5.74, 6) is 1.82. The Balaban J connectivity index is 2.04. The number of nitrogens with zero attached hydrogens (tertiary/aromatic N) is 2. The van der Waals surface area contributed by atoms with E-state index in [1.165, 1.54) is 25.7 Å². The van der Waals surface area contributed by atoms with Crippen molar-refractivity contribution in [2.75, 3.05) is 5.73 Å². The Morgan fingerprint density at radius 3 is 2.58 bits per heavy atom. The molecule has 1 aliphatic carbocycles. The molecule has 0 saturated heterocycles. The summed E-state index contributed by atoms with van der Waals surface area (Å²) in [6.07, 6.45) is 5.01. The van der Waals surface area contributed by atoms with Gasteiger partial charge in [0.2, 0.25) is 0 Å². The van der Waals surface area contributed by atoms with Crippen LogP contribution in [0.2, 0.25) is 0 Å². The highest BCUT2D eigenvalue weighted by atomic mass is 79.9. The van der Waals surface area contributed by atoms with Crippen molar-refractivity contribution in [2.24, 2.45) is 0 Å². The molecule has 0 radical (unpaired) electrons. The molecule has 1 aromatic carbocycles. The quantitative estimate of drug-likeness (QED) is 0.905. The maximum absolute atomic E-state index is 5.95. The molecule has 2 N–H and O–H groups in total. The van der Waals surface area contributed by atoms with E-state index in [4.69, 9.17) is 10.7 Å². The fourth-order valence-electron chi connectivity index (χ4n) is 2.68. The Morgan fingerprint density at radius 1 is 1.11 bits per heavy atom. The van der Waals surface area contributed by atoms with E-state index >= 15 is 0 Å². The molecule has 2 aromatic rings. The molecule has 0 aliphatic heterocycles. The van der Waals surface area contributed by atoms with Crippen molar-refractivity contribution in [1.29, 1.82) is 0 Å². The molecule has 4 heteroatoms. The number of hydrogen-bond acceptors (Lipinski definition) is 3. The van der Waals surface area contributed by atoms with Gasteiger partial charge >= 0.3 is 0 Å². The predicted octanol–water partition coefficient (Wildman–Crippen LogP) is 4.15. The van der Waals surface area contributed by atoms with E-state index in [9.17, 15) is 0 Å². The minimum Gasteiger partial charge on any atom is -0.384 e. The van der Waals surface area contributed by atoms with Gasteiger partial charge in [-0.1, -0.05) is 47.0 Å². The summed E-state index contributed by atoms with van der Waals surface area (Å²) in [6, 6.07) is 9.91. The van der Waals surface area contributed by atoms with Gasteiger partial charge in [-0.3, -0.25) is 0 Å². The number of hydrogen-bond donors (Lipinski definition) is 1. The van der Waals surface area contributed by atoms with Gasteiger partial charge in [-0.2, -0.15) is 0 Å². The number of nitrogens with two attached hydrogens (primary N) is 1. The molecule has 3 rings (SSSR count). The molecule has 98 valence electrons. The van der Waals surface area contributed by atoms with Crippen LogP contribution >= 0.6 is 15.9 Å². The van der Waals surface area contributed by atoms with Crippen molar-refractivity contribution in [1.82, 2.24) is 9.97 Å². The van der Waals surface area contributed by atoms with E-state index < -0.39 is 0 Å². The first kappa shape index (κ1) is 12.6. The van der Waals surface area contributed by atoms with E-state index in [1.807, 2.05) is 30.3 Å². The first-order valence-corrected chi connectivity index (χ1v) is 7.42. The highest BCUT2D eigenvalue weighted by Gasteiger charge is 2.20. The zero-order chi connectivity index (χ0) is 13.2. The molecule has 0 unspecified atom stereocenters. The normalized spacial score (nSPS) is 15.8. The summed E-state index contributed by atoms with van der Waals surface area (Å²) in [4.78, 5) is 9.10. The van der Waals surface area contributed by atoms with Crippen LogP contribution in [-0.4, -0.2) is 9.97 Å². The Labute approximate surface area is 121 Å². The second-order valence-corrected chi connectivity index (χ2v) is 5.86. The minimum atomic E-state index is 0.548. The highest BCUT2D eigenvalue weighted by Crippen LogP contribution is 2.35. The lowest BCUT2D eigenvalue weighted by atomic mass is 10.0. The summed E-state index contributed by atoms with van der Waals surface area (Å²) in [7, 11) is 0. The van der Waals surface area contributed by atoms with Crippen LogP contribution in [0, 0.1) is 0 Å². The van der Waals surface area contributed by atoms with Gasteiger partial charge in [0, 0.05) is 27.7 Å². The number of halogens is 1. The first-order chi connectivity index (χ1) is 9.24. The lowest BCUT2D eigenvalue weighted by Crippen LogP contribution is -2.03. The lowest BCUT2D eigenvalue weighted by molar-refractivity contribution is 0.696. The van der Waals surface area contributed by atoms with Gasteiger partial charge in [0.1, 0.15) is 5.82 Å². The third kappa shape index (κ3) is 2.63. The molecule has 0 amide bonds. The standard InChI is InChI=1S/C15H16BrN3/c16-12-8-4-3-7-11(12)15-18-13(9-14(17)19-15)10-5-1-2-6-10/h3-4,7-10H,1-2,5-6H2,(H2,17,18,19). The average Bonchev–Trinajstić information content (AvgIpc) is 2.92. The van der Waals surface area contributed by atoms with Gasteiger partial charge < -0.3 is 5.73 Å². The summed E-state index contributed by atoms with van der Waals surface area (Å²) < 4.78 is 0.998. The smallest absolute Gasteiger partial charge is 0.162 e. The van der Waals surface area contributed by atoms with E-state index in [0.717, 1.165) is 21.6 Å². The molecule has 0 bridgehead atoms. The van der Waals surface area contributed by atoms with Crippen LogP contribution in [0.4, 0.5) is 5.82 Å². The van der Waals surface area contributed by atoms with Crippen molar-refractivity contribution in [3.8, 4) is 11.4 Å². The second kappa shape index (κ2) is 5.29. The van der Waals surface area contributed by atoms with E-state index in [0.29, 0.717) is 11.7 Å². The van der Waals surface area contributed by atoms with Gasteiger partial charge in [0.05, 0.1) is 0 Å². The van der Waals surface area contributed by atoms with Crippen LogP contribution in [0.15, 0.2) is 34.8 Å². The number of benzene rings is 1. The van der Waals surface area contributed by atoms with Gasteiger partial charge in [0.25, 0.3) is 0 Å². The number of anilines is 1. The topological polar surface area (TPSA) is 51.8 Å². The van der Waals surface area contributed by atoms with E-state index in [2.05, 4.69) is 20.9 Å². The van der Waals surface area contributed by atoms with E-state index in [-0.39, 0.29) is 0 Å². The Kier molecular flexibility index (Phi) is 3.51. The molecule has 19 heavy (non-hydrogen) atoms. The third-order valence-electron chi connectivity index (χ3n) is 3.65. The van der Waals surface area contributed by atoms with Crippen molar-refractivity contribution < 1.29 is 0 Å². The number of rotatable bonds is 2. The molecule has 1 aliphatic rings. The molecule has 3 nitrogen and oxygen atoms in total. The highest BCUT2D eigenvalue weighted by molar-refractivity contribution is 9.10. The maximum atomic E-state index is 5.95. The lowest BCUT2D eigenvalue weighted by Gasteiger charge is -2.11. The Hall–Kier alpha value is -1.42. The molecule has 1 aromatic heterocycles. The number of aromatic nitrogens is 2. The van der Waals surface area contributed by atoms with Crippen LogP contribution in [0.5, 0.6) is 0 Å². The third-order valence-corrected chi connectivity index (χ3v) is 4.35. The van der Waals surface area contributed by atoms with Crippen LogP contribution in [0.3, 0.4) is 0 Å². The van der Waals surface area contributed by atoms with Crippen LogP contribution < -0.4 is 5.73 Å². The predicted molar refractivity (Wildman–Crippen MR) is 80.8 cm³/mol. The van der Waals surface area contributed by atoms with Crippen LogP contribution in [0.1, 0.15) is 37.3 Å². The van der Waals surface area contributed by atoms with Gasteiger partial charge in [-0.15, -0.1) is 0 Å². The molecule has 0 atom stereocenters. The fourth-order valence-corrected chi connectivity index (χ4v) is 3.14. The molecule has 1 heterocycles. The number of nitrogen functional groups attached to an aromatic ring is 1. The van der Waals surface area contributed by atoms with Gasteiger partial charge in [-0.25, -0.2) is 9.97 Å². The monoisotopic (exact) mass is 317 g/mol. The molecular weight excluding hydrogens is 302 g/mol. The zero-order valence-corrected chi connectivity index (χ0v) is 12.2. The average molecular weight is 318 g/mol. The fraction of sp³-hybridized carbons (Fsp3) is 0.333. The molecular formula is C15H16BrN3. The van der Waals surface area contributed by atoms with Crippen LogP contribution in [0.25, 0.3) is 11.4 Å². The summed E-state index contributed by atoms with van der Waals surface area (Å²) in [5, 5.41) is 0. The molecule has 0 spiro atoms. The zero-order valence-electron chi connectivity index (χ0n) is 10.6. The van der Waals surface area contributed by atoms with E-state index in [1.54, 1.807) is 0 Å². The van der Waals surface area contributed by atoms with Gasteiger partial charge in [0.15, 0.2) is 5.82 Å². The Bertz CT molecular complexity index is 592.